The Morgan fingerprint density at radius 2 is 1.62 bits per heavy atom. The van der Waals surface area contributed by atoms with Gasteiger partial charge in [0.05, 0.1) is 38.0 Å². The molecule has 210 valence electrons. The van der Waals surface area contributed by atoms with Gasteiger partial charge in [0.2, 0.25) is 5.91 Å². The van der Waals surface area contributed by atoms with Gasteiger partial charge in [-0.1, -0.05) is 78.3 Å². The summed E-state index contributed by atoms with van der Waals surface area (Å²) < 4.78 is 11.0. The van der Waals surface area contributed by atoms with E-state index in [2.05, 4.69) is 4.98 Å². The quantitative estimate of drug-likeness (QED) is 0.231. The summed E-state index contributed by atoms with van der Waals surface area (Å²) in [4.78, 5) is 30.6. The number of aromatic amines is 1. The van der Waals surface area contributed by atoms with Crippen molar-refractivity contribution in [1.82, 2.24) is 9.99 Å². The first kappa shape index (κ1) is 27.3. The van der Waals surface area contributed by atoms with E-state index >= 15 is 0 Å². The molecule has 0 spiro atoms. The number of nitrogens with zero attached hydrogens (tertiary/aromatic N) is 2. The molecular weight excluding hydrogens is 550 g/mol. The molecule has 1 atom stereocenters. The van der Waals surface area contributed by atoms with E-state index in [4.69, 9.17) is 26.2 Å². The van der Waals surface area contributed by atoms with Gasteiger partial charge in [-0.15, -0.1) is 0 Å². The number of nitrogens with one attached hydrogen (secondary N) is 1. The number of aromatic nitrogens is 1. The molecule has 8 heteroatoms. The largest absolute Gasteiger partial charge is 0.493 e. The number of carbonyl (C=O) groups is 1. The predicted molar refractivity (Wildman–Crippen MR) is 165 cm³/mol. The third-order valence-electron chi connectivity index (χ3n) is 7.48. The number of ether oxygens (including phenoxy) is 2. The van der Waals surface area contributed by atoms with Crippen molar-refractivity contribution in [3.8, 4) is 22.6 Å². The van der Waals surface area contributed by atoms with Crippen LogP contribution in [0.5, 0.6) is 11.5 Å². The molecule has 4 aromatic carbocycles. The molecule has 1 unspecified atom stereocenters. The Kier molecular flexibility index (Phi) is 7.50. The minimum Gasteiger partial charge on any atom is -0.493 e. The first-order valence-electron chi connectivity index (χ1n) is 13.5. The Morgan fingerprint density at radius 3 is 2.33 bits per heavy atom. The highest BCUT2D eigenvalue weighted by molar-refractivity contribution is 6.31. The number of hydrogen-bond acceptors (Lipinski definition) is 5. The van der Waals surface area contributed by atoms with Gasteiger partial charge in [-0.25, -0.2) is 5.01 Å². The van der Waals surface area contributed by atoms with E-state index in [-0.39, 0.29) is 17.9 Å². The molecule has 0 bridgehead atoms. The van der Waals surface area contributed by atoms with Gasteiger partial charge in [0.25, 0.3) is 5.56 Å². The lowest BCUT2D eigenvalue weighted by Gasteiger charge is -2.23. The molecule has 42 heavy (non-hydrogen) atoms. The number of carbonyl (C=O) groups excluding carboxylic acids is 1. The second-order valence-corrected chi connectivity index (χ2v) is 10.5. The van der Waals surface area contributed by atoms with Crippen LogP contribution in [0.15, 0.2) is 107 Å². The molecule has 7 nitrogen and oxygen atoms in total. The standard InChI is InChI=1S/C34H28ClN3O4/c1-41-29-16-13-23(18-30(29)42-2)28-20-27(37-38(28)31(39)17-21-9-5-3-6-10-21)33-32(22-11-7-4-8-12-22)25-19-24(35)14-15-26(25)36-34(33)40/h3-16,18-19,28H,17,20H2,1-2H3,(H,36,40). The average Bonchev–Trinajstić information content (AvgIpc) is 3.46. The molecule has 0 aliphatic carbocycles. The minimum atomic E-state index is -0.464. The molecule has 1 aliphatic heterocycles. The molecule has 1 aliphatic rings. The normalized spacial score (nSPS) is 14.6. The van der Waals surface area contributed by atoms with Gasteiger partial charge < -0.3 is 14.5 Å². The van der Waals surface area contributed by atoms with E-state index in [1.54, 1.807) is 26.4 Å². The van der Waals surface area contributed by atoms with Crippen LogP contribution in [0.1, 0.15) is 29.2 Å². The minimum absolute atomic E-state index is 0.163. The Balaban J connectivity index is 1.52. The van der Waals surface area contributed by atoms with E-state index < -0.39 is 6.04 Å². The van der Waals surface area contributed by atoms with Crippen molar-refractivity contribution >= 4 is 34.1 Å². The highest BCUT2D eigenvalue weighted by Crippen LogP contribution is 2.40. The molecule has 1 aromatic heterocycles. The monoisotopic (exact) mass is 577 g/mol. The van der Waals surface area contributed by atoms with Crippen LogP contribution in [-0.4, -0.2) is 35.8 Å². The number of rotatable bonds is 7. The van der Waals surface area contributed by atoms with Gasteiger partial charge in [0.15, 0.2) is 11.5 Å². The second-order valence-electron chi connectivity index (χ2n) is 10.0. The summed E-state index contributed by atoms with van der Waals surface area (Å²) >= 11 is 6.43. The Hall–Kier alpha value is -4.88. The first-order valence-corrected chi connectivity index (χ1v) is 13.9. The van der Waals surface area contributed by atoms with Crippen molar-refractivity contribution in [3.05, 3.63) is 129 Å². The maximum absolute atomic E-state index is 13.8. The van der Waals surface area contributed by atoms with Gasteiger partial charge in [-0.3, -0.25) is 9.59 Å². The van der Waals surface area contributed by atoms with E-state index in [1.165, 1.54) is 5.01 Å². The van der Waals surface area contributed by atoms with Gasteiger partial charge in [0, 0.05) is 27.9 Å². The number of hydrazone groups is 1. The fraction of sp³-hybridized carbons (Fsp3) is 0.147. The van der Waals surface area contributed by atoms with Crippen molar-refractivity contribution in [2.45, 2.75) is 18.9 Å². The zero-order valence-electron chi connectivity index (χ0n) is 23.1. The lowest BCUT2D eigenvalue weighted by molar-refractivity contribution is -0.132. The SMILES string of the molecule is COc1ccc(C2CC(c3c(-c4ccccc4)c4cc(Cl)ccc4[nH]c3=O)=NN2C(=O)Cc2ccccc2)cc1OC. The third kappa shape index (κ3) is 5.15. The average molecular weight is 578 g/mol. The van der Waals surface area contributed by atoms with Gasteiger partial charge in [-0.2, -0.15) is 5.10 Å². The lowest BCUT2D eigenvalue weighted by atomic mass is 9.91. The van der Waals surface area contributed by atoms with Crippen molar-refractivity contribution in [3.63, 3.8) is 0 Å². The van der Waals surface area contributed by atoms with E-state index in [9.17, 15) is 9.59 Å². The fourth-order valence-electron chi connectivity index (χ4n) is 5.51. The Labute approximate surface area is 248 Å². The number of halogens is 1. The lowest BCUT2D eigenvalue weighted by Crippen LogP contribution is -2.28. The summed E-state index contributed by atoms with van der Waals surface area (Å²) in [6.45, 7) is 0. The zero-order chi connectivity index (χ0) is 29.2. The van der Waals surface area contributed by atoms with Gasteiger partial charge in [0.1, 0.15) is 0 Å². The summed E-state index contributed by atoms with van der Waals surface area (Å²) in [6.07, 6.45) is 0.488. The summed E-state index contributed by atoms with van der Waals surface area (Å²) in [5.41, 5.74) is 4.57. The Bertz CT molecular complexity index is 1870. The number of pyridine rings is 1. The van der Waals surface area contributed by atoms with Crippen molar-refractivity contribution < 1.29 is 14.3 Å². The number of benzene rings is 4. The summed E-state index contributed by atoms with van der Waals surface area (Å²) in [6, 6.07) is 29.7. The van der Waals surface area contributed by atoms with Crippen LogP contribution in [0, 0.1) is 0 Å². The zero-order valence-corrected chi connectivity index (χ0v) is 23.9. The summed E-state index contributed by atoms with van der Waals surface area (Å²) in [5.74, 6) is 0.941. The highest BCUT2D eigenvalue weighted by Gasteiger charge is 2.36. The van der Waals surface area contributed by atoms with Crippen LogP contribution in [-0.2, 0) is 11.2 Å². The maximum Gasteiger partial charge on any atom is 0.258 e. The second kappa shape index (κ2) is 11.5. The van der Waals surface area contributed by atoms with Crippen LogP contribution in [0.4, 0.5) is 0 Å². The van der Waals surface area contributed by atoms with E-state index in [0.29, 0.717) is 39.7 Å². The number of H-pyrrole nitrogens is 1. The topological polar surface area (TPSA) is 84.0 Å². The molecule has 6 rings (SSSR count). The summed E-state index contributed by atoms with van der Waals surface area (Å²) in [7, 11) is 3.15. The third-order valence-corrected chi connectivity index (χ3v) is 7.72. The van der Waals surface area contributed by atoms with Crippen LogP contribution in [0.3, 0.4) is 0 Å². The smallest absolute Gasteiger partial charge is 0.258 e. The van der Waals surface area contributed by atoms with Crippen LogP contribution < -0.4 is 15.0 Å². The molecular formula is C34H28ClN3O4. The Morgan fingerprint density at radius 1 is 0.905 bits per heavy atom. The maximum atomic E-state index is 13.8. The van der Waals surface area contributed by atoms with Crippen LogP contribution in [0.2, 0.25) is 5.02 Å². The number of amides is 1. The van der Waals surface area contributed by atoms with E-state index in [1.807, 2.05) is 84.9 Å². The van der Waals surface area contributed by atoms with E-state index in [0.717, 1.165) is 27.6 Å². The molecule has 1 N–H and O–H groups in total. The van der Waals surface area contributed by atoms with Crippen molar-refractivity contribution in [2.24, 2.45) is 5.10 Å². The van der Waals surface area contributed by atoms with Gasteiger partial charge in [-0.05, 0) is 47.0 Å². The molecule has 1 amide bonds. The number of hydrogen-bond donors (Lipinski definition) is 1. The number of methoxy groups -OCH3 is 2. The molecule has 0 saturated heterocycles. The van der Waals surface area contributed by atoms with Gasteiger partial charge >= 0.3 is 0 Å². The van der Waals surface area contributed by atoms with Crippen LogP contribution >= 0.6 is 11.6 Å². The fourth-order valence-corrected chi connectivity index (χ4v) is 5.68. The number of fused-ring (bicyclic) bond motifs is 1. The molecule has 0 fully saturated rings. The molecule has 5 aromatic rings. The molecule has 0 radical (unpaired) electrons. The van der Waals surface area contributed by atoms with Crippen molar-refractivity contribution in [2.75, 3.05) is 14.2 Å². The predicted octanol–water partition coefficient (Wildman–Crippen LogP) is 6.79. The summed E-state index contributed by atoms with van der Waals surface area (Å²) in [5, 5.41) is 7.71. The van der Waals surface area contributed by atoms with Crippen molar-refractivity contribution in [1.29, 1.82) is 0 Å². The highest BCUT2D eigenvalue weighted by atomic mass is 35.5. The molecule has 0 saturated carbocycles. The van der Waals surface area contributed by atoms with Crippen LogP contribution in [0.25, 0.3) is 22.0 Å². The first-order chi connectivity index (χ1) is 20.5. The molecule has 2 heterocycles.